The molecule has 0 aromatic heterocycles. The number of nitrogens with one attached hydrogen (secondary N) is 2. The summed E-state index contributed by atoms with van der Waals surface area (Å²) in [5.74, 6) is 0.658. The molecule has 0 radical (unpaired) electrons. The number of benzene rings is 3. The zero-order valence-corrected chi connectivity index (χ0v) is 19.1. The van der Waals surface area contributed by atoms with Gasteiger partial charge in [0.25, 0.3) is 0 Å². The van der Waals surface area contributed by atoms with Crippen LogP contribution < -0.4 is 14.8 Å². The zero-order chi connectivity index (χ0) is 23.0. The normalized spacial score (nSPS) is 12.2. The number of sulfonamides is 1. The number of methoxy groups -OCH3 is 1. The van der Waals surface area contributed by atoms with Crippen molar-refractivity contribution in [2.75, 3.05) is 7.11 Å². The van der Waals surface area contributed by atoms with Crippen LogP contribution in [0.25, 0.3) is 0 Å². The molecule has 1 amide bonds. The van der Waals surface area contributed by atoms with Crippen LogP contribution in [0.3, 0.4) is 0 Å². The van der Waals surface area contributed by atoms with E-state index >= 15 is 0 Å². The molecule has 2 N–H and O–H groups in total. The summed E-state index contributed by atoms with van der Waals surface area (Å²) in [5.41, 5.74) is 2.70. The minimum Gasteiger partial charge on any atom is -0.496 e. The lowest BCUT2D eigenvalue weighted by molar-refractivity contribution is -0.121. The number of hydrogen-bond donors (Lipinski definition) is 2. The van der Waals surface area contributed by atoms with Crippen molar-refractivity contribution < 1.29 is 17.9 Å². The highest BCUT2D eigenvalue weighted by molar-refractivity contribution is 7.89. The van der Waals surface area contributed by atoms with Crippen molar-refractivity contribution >= 4 is 15.9 Å². The topological polar surface area (TPSA) is 84.5 Å². The Morgan fingerprint density at radius 3 is 2.28 bits per heavy atom. The molecule has 0 fully saturated rings. The van der Waals surface area contributed by atoms with Gasteiger partial charge >= 0.3 is 0 Å². The van der Waals surface area contributed by atoms with Gasteiger partial charge in [0, 0.05) is 24.6 Å². The first kappa shape index (κ1) is 23.5. The summed E-state index contributed by atoms with van der Waals surface area (Å²) >= 11 is 0. The van der Waals surface area contributed by atoms with Crippen LogP contribution in [0.2, 0.25) is 0 Å². The standard InChI is InChI=1S/C25H28N2O4S/c1-19(21-8-4-3-5-9-21)27-32(29,30)23-15-12-20(13-16-23)14-17-25(28)26-18-22-10-6-7-11-24(22)31-2/h3-13,15-16,19,27H,14,17-18H2,1-2H3,(H,26,28)/t19-/m1/s1. The molecule has 0 spiro atoms. The predicted octanol–water partition coefficient (Wildman–Crippen LogP) is 3.98. The summed E-state index contributed by atoms with van der Waals surface area (Å²) in [4.78, 5) is 12.4. The minimum absolute atomic E-state index is 0.0778. The molecule has 32 heavy (non-hydrogen) atoms. The average molecular weight is 453 g/mol. The molecule has 168 valence electrons. The average Bonchev–Trinajstić information content (AvgIpc) is 2.82. The number of para-hydroxylation sites is 1. The monoisotopic (exact) mass is 452 g/mol. The van der Waals surface area contributed by atoms with E-state index in [0.717, 1.165) is 22.4 Å². The fourth-order valence-electron chi connectivity index (χ4n) is 3.33. The smallest absolute Gasteiger partial charge is 0.241 e. The largest absolute Gasteiger partial charge is 0.496 e. The van der Waals surface area contributed by atoms with Crippen molar-refractivity contribution in [1.29, 1.82) is 0 Å². The van der Waals surface area contributed by atoms with Crippen molar-refractivity contribution in [2.24, 2.45) is 0 Å². The van der Waals surface area contributed by atoms with E-state index in [-0.39, 0.29) is 16.8 Å². The summed E-state index contributed by atoms with van der Waals surface area (Å²) in [7, 11) is -2.04. The number of carbonyl (C=O) groups excluding carboxylic acids is 1. The molecule has 0 saturated carbocycles. The molecule has 0 aliphatic heterocycles. The van der Waals surface area contributed by atoms with Gasteiger partial charge in [-0.05, 0) is 42.7 Å². The van der Waals surface area contributed by atoms with E-state index in [1.54, 1.807) is 31.4 Å². The second-order valence-corrected chi connectivity index (χ2v) is 9.20. The highest BCUT2D eigenvalue weighted by Gasteiger charge is 2.18. The van der Waals surface area contributed by atoms with Crippen molar-refractivity contribution in [3.05, 3.63) is 95.6 Å². The molecule has 0 aliphatic rings. The maximum absolute atomic E-state index is 12.7. The minimum atomic E-state index is -3.64. The van der Waals surface area contributed by atoms with E-state index in [4.69, 9.17) is 4.74 Å². The van der Waals surface area contributed by atoms with Crippen molar-refractivity contribution in [3.8, 4) is 5.75 Å². The van der Waals surface area contributed by atoms with Gasteiger partial charge in [-0.15, -0.1) is 0 Å². The van der Waals surface area contributed by atoms with E-state index in [0.29, 0.717) is 19.4 Å². The van der Waals surface area contributed by atoms with Crippen LogP contribution in [0.1, 0.15) is 36.1 Å². The summed E-state index contributed by atoms with van der Waals surface area (Å²) in [6.07, 6.45) is 0.830. The summed E-state index contributed by atoms with van der Waals surface area (Å²) in [6.45, 7) is 2.20. The molecule has 0 unspecified atom stereocenters. The van der Waals surface area contributed by atoms with Gasteiger partial charge in [0.2, 0.25) is 15.9 Å². The predicted molar refractivity (Wildman–Crippen MR) is 125 cm³/mol. The molecule has 3 aromatic rings. The van der Waals surface area contributed by atoms with Gasteiger partial charge in [-0.3, -0.25) is 4.79 Å². The molecule has 7 heteroatoms. The van der Waals surface area contributed by atoms with Crippen LogP contribution >= 0.6 is 0 Å². The number of carbonyl (C=O) groups is 1. The second kappa shape index (κ2) is 10.9. The quantitative estimate of drug-likeness (QED) is 0.487. The van der Waals surface area contributed by atoms with Crippen molar-refractivity contribution in [2.45, 2.75) is 37.2 Å². The van der Waals surface area contributed by atoms with Gasteiger partial charge < -0.3 is 10.1 Å². The van der Waals surface area contributed by atoms with Crippen LogP contribution in [0.15, 0.2) is 83.8 Å². The van der Waals surface area contributed by atoms with Crippen molar-refractivity contribution in [1.82, 2.24) is 10.0 Å². The second-order valence-electron chi connectivity index (χ2n) is 7.49. The number of hydrogen-bond acceptors (Lipinski definition) is 4. The van der Waals surface area contributed by atoms with E-state index in [9.17, 15) is 13.2 Å². The third-order valence-corrected chi connectivity index (χ3v) is 6.73. The van der Waals surface area contributed by atoms with Gasteiger partial charge in [-0.2, -0.15) is 0 Å². The van der Waals surface area contributed by atoms with Gasteiger partial charge in [0.05, 0.1) is 12.0 Å². The van der Waals surface area contributed by atoms with E-state index < -0.39 is 10.0 Å². The Balaban J connectivity index is 1.52. The Hall–Kier alpha value is -3.16. The molecule has 0 saturated heterocycles. The molecule has 3 rings (SSSR count). The first-order chi connectivity index (χ1) is 15.4. The molecule has 0 bridgehead atoms. The highest BCUT2D eigenvalue weighted by atomic mass is 32.2. The SMILES string of the molecule is COc1ccccc1CNC(=O)CCc1ccc(S(=O)(=O)N[C@H](C)c2ccccc2)cc1. The first-order valence-electron chi connectivity index (χ1n) is 10.4. The third-order valence-electron chi connectivity index (χ3n) is 5.17. The van der Waals surface area contributed by atoms with Gasteiger partial charge in [-0.1, -0.05) is 60.7 Å². The number of aryl methyl sites for hydroxylation is 1. The van der Waals surface area contributed by atoms with Crippen molar-refractivity contribution in [3.63, 3.8) is 0 Å². The number of ether oxygens (including phenoxy) is 1. The molecule has 0 heterocycles. The highest BCUT2D eigenvalue weighted by Crippen LogP contribution is 2.18. The maximum atomic E-state index is 12.7. The molecular weight excluding hydrogens is 424 g/mol. The molecule has 6 nitrogen and oxygen atoms in total. The Bertz CT molecular complexity index is 1130. The Morgan fingerprint density at radius 1 is 0.938 bits per heavy atom. The fraction of sp³-hybridized carbons (Fsp3) is 0.240. The van der Waals surface area contributed by atoms with Gasteiger partial charge in [-0.25, -0.2) is 13.1 Å². The lowest BCUT2D eigenvalue weighted by Crippen LogP contribution is -2.26. The van der Waals surface area contributed by atoms with Crippen LogP contribution in [-0.4, -0.2) is 21.4 Å². The van der Waals surface area contributed by atoms with Crippen LogP contribution in [0.4, 0.5) is 0 Å². The molecule has 1 atom stereocenters. The van der Waals surface area contributed by atoms with E-state index in [1.807, 2.05) is 61.5 Å². The van der Waals surface area contributed by atoms with E-state index in [1.165, 1.54) is 0 Å². The van der Waals surface area contributed by atoms with Crippen LogP contribution in [0.5, 0.6) is 5.75 Å². The summed E-state index contributed by atoms with van der Waals surface area (Å²) in [6, 6.07) is 23.2. The zero-order valence-electron chi connectivity index (χ0n) is 18.2. The van der Waals surface area contributed by atoms with Crippen LogP contribution in [0, 0.1) is 0 Å². The fourth-order valence-corrected chi connectivity index (χ4v) is 4.57. The Labute approximate surface area is 189 Å². The molecule has 0 aliphatic carbocycles. The number of amides is 1. The lowest BCUT2D eigenvalue weighted by atomic mass is 10.1. The first-order valence-corrected chi connectivity index (χ1v) is 11.9. The molecular formula is C25H28N2O4S. The van der Waals surface area contributed by atoms with E-state index in [2.05, 4.69) is 10.0 Å². The van der Waals surface area contributed by atoms with Gasteiger partial charge in [0.15, 0.2) is 0 Å². The lowest BCUT2D eigenvalue weighted by Gasteiger charge is -2.15. The Kier molecular flexibility index (Phi) is 8.03. The Morgan fingerprint density at radius 2 is 1.59 bits per heavy atom. The third kappa shape index (κ3) is 6.42. The number of rotatable bonds is 10. The summed E-state index contributed by atoms with van der Waals surface area (Å²) < 4.78 is 33.3. The van der Waals surface area contributed by atoms with Gasteiger partial charge in [0.1, 0.15) is 5.75 Å². The summed E-state index contributed by atoms with van der Waals surface area (Å²) in [5, 5.41) is 2.89. The molecule has 3 aromatic carbocycles. The maximum Gasteiger partial charge on any atom is 0.241 e. The van der Waals surface area contributed by atoms with Crippen LogP contribution in [-0.2, 0) is 27.8 Å².